The van der Waals surface area contributed by atoms with E-state index in [1.165, 1.54) is 0 Å². The number of hydrogen-bond donors (Lipinski definition) is 1. The minimum atomic E-state index is -4.65. The van der Waals surface area contributed by atoms with Gasteiger partial charge in [-0.1, -0.05) is 0 Å². The van der Waals surface area contributed by atoms with Crippen LogP contribution in [0.4, 0.5) is 24.5 Å². The van der Waals surface area contributed by atoms with Gasteiger partial charge in [0.1, 0.15) is 0 Å². The second kappa shape index (κ2) is 6.09. The number of benzene rings is 1. The Morgan fingerprint density at radius 1 is 1.42 bits per heavy atom. The van der Waals surface area contributed by atoms with Gasteiger partial charge in [0, 0.05) is 30.8 Å². The quantitative estimate of drug-likeness (QED) is 0.386. The van der Waals surface area contributed by atoms with E-state index < -0.39 is 22.4 Å². The van der Waals surface area contributed by atoms with Crippen molar-refractivity contribution in [1.29, 1.82) is 0 Å². The van der Waals surface area contributed by atoms with Crippen LogP contribution in [0.15, 0.2) is 18.2 Å². The van der Waals surface area contributed by atoms with Gasteiger partial charge in [0.25, 0.3) is 5.69 Å². The first kappa shape index (κ1) is 14.8. The lowest BCUT2D eigenvalue weighted by molar-refractivity contribution is -0.385. The number of rotatable bonds is 5. The third-order valence-corrected chi connectivity index (χ3v) is 2.33. The van der Waals surface area contributed by atoms with Crippen LogP contribution in [0.5, 0.6) is 0 Å². The molecular weight excluding hydrogens is 261 g/mol. The van der Waals surface area contributed by atoms with E-state index in [2.05, 4.69) is 11.2 Å². The summed E-state index contributed by atoms with van der Waals surface area (Å²) in [6, 6.07) is 2.60. The van der Waals surface area contributed by atoms with Gasteiger partial charge in [-0.2, -0.15) is 13.2 Å². The lowest BCUT2D eigenvalue weighted by Gasteiger charge is -2.14. The predicted octanol–water partition coefficient (Wildman–Crippen LogP) is 3.44. The highest BCUT2D eigenvalue weighted by molar-refractivity contribution is 5.57. The fourth-order valence-electron chi connectivity index (χ4n) is 1.45. The van der Waals surface area contributed by atoms with Gasteiger partial charge in [-0.25, -0.2) is 0 Å². The number of non-ortho nitro benzene ring substituents is 1. The summed E-state index contributed by atoms with van der Waals surface area (Å²) >= 11 is 0. The summed E-state index contributed by atoms with van der Waals surface area (Å²) in [6.45, 7) is 0.269. The second-order valence-corrected chi connectivity index (χ2v) is 3.72. The van der Waals surface area contributed by atoms with Crippen LogP contribution in [-0.2, 0) is 6.18 Å². The molecule has 1 aromatic carbocycles. The van der Waals surface area contributed by atoms with Crippen LogP contribution >= 0.6 is 0 Å². The van der Waals surface area contributed by atoms with E-state index in [0.29, 0.717) is 18.9 Å². The Morgan fingerprint density at radius 3 is 2.63 bits per heavy atom. The van der Waals surface area contributed by atoms with E-state index >= 15 is 0 Å². The molecule has 0 bridgehead atoms. The van der Waals surface area contributed by atoms with Gasteiger partial charge in [0.2, 0.25) is 0 Å². The monoisotopic (exact) mass is 272 g/mol. The first-order valence-corrected chi connectivity index (χ1v) is 5.39. The van der Waals surface area contributed by atoms with Gasteiger partial charge in [-0.15, -0.1) is 12.3 Å². The van der Waals surface area contributed by atoms with Crippen LogP contribution in [0.2, 0.25) is 0 Å². The highest BCUT2D eigenvalue weighted by Crippen LogP contribution is 2.37. The Balaban J connectivity index is 2.97. The summed E-state index contributed by atoms with van der Waals surface area (Å²) in [6.07, 6.45) is 1.34. The first-order valence-electron chi connectivity index (χ1n) is 5.39. The van der Waals surface area contributed by atoms with Crippen molar-refractivity contribution in [2.45, 2.75) is 19.0 Å². The zero-order chi connectivity index (χ0) is 14.5. The van der Waals surface area contributed by atoms with E-state index in [0.717, 1.165) is 12.1 Å². The fraction of sp³-hybridized carbons (Fsp3) is 0.333. The molecule has 0 spiro atoms. The Labute approximate surface area is 107 Å². The molecule has 1 aromatic rings. The molecule has 0 heterocycles. The number of alkyl halides is 3. The van der Waals surface area contributed by atoms with Crippen molar-refractivity contribution in [3.05, 3.63) is 33.9 Å². The zero-order valence-corrected chi connectivity index (χ0v) is 9.83. The summed E-state index contributed by atoms with van der Waals surface area (Å²) in [5.74, 6) is 2.37. The molecule has 0 radical (unpaired) electrons. The maximum absolute atomic E-state index is 12.8. The van der Waals surface area contributed by atoms with Crippen LogP contribution in [-0.4, -0.2) is 11.5 Å². The third-order valence-electron chi connectivity index (χ3n) is 2.33. The molecule has 0 aliphatic rings. The number of nitro benzene ring substituents is 1. The van der Waals surface area contributed by atoms with Crippen molar-refractivity contribution < 1.29 is 18.1 Å². The standard InChI is InChI=1S/C12H11F3N2O2/c1-2-3-4-7-16-11-6-5-9(17(18)19)8-10(11)12(13,14)15/h1,5-6,8,16H,3-4,7H2. The lowest BCUT2D eigenvalue weighted by atomic mass is 10.1. The van der Waals surface area contributed by atoms with Crippen molar-refractivity contribution in [3.8, 4) is 12.3 Å². The first-order chi connectivity index (χ1) is 8.86. The van der Waals surface area contributed by atoms with Gasteiger partial charge in [0.05, 0.1) is 10.5 Å². The van der Waals surface area contributed by atoms with Crippen LogP contribution in [0.1, 0.15) is 18.4 Å². The minimum absolute atomic E-state index is 0.185. The van der Waals surface area contributed by atoms with Gasteiger partial charge in [-0.05, 0) is 12.5 Å². The second-order valence-electron chi connectivity index (χ2n) is 3.72. The molecule has 0 aliphatic carbocycles. The maximum atomic E-state index is 12.8. The van der Waals surface area contributed by atoms with E-state index in [4.69, 9.17) is 6.42 Å². The Kier molecular flexibility index (Phi) is 4.75. The topological polar surface area (TPSA) is 55.2 Å². The molecule has 7 heteroatoms. The molecule has 0 saturated carbocycles. The fourth-order valence-corrected chi connectivity index (χ4v) is 1.45. The smallest absolute Gasteiger partial charge is 0.385 e. The summed E-state index contributed by atoms with van der Waals surface area (Å²) in [4.78, 5) is 9.62. The molecule has 0 unspecified atom stereocenters. The molecule has 0 aliphatic heterocycles. The van der Waals surface area contributed by atoms with Crippen molar-refractivity contribution >= 4 is 11.4 Å². The van der Waals surface area contributed by atoms with E-state index in [-0.39, 0.29) is 12.2 Å². The van der Waals surface area contributed by atoms with Crippen molar-refractivity contribution in [2.24, 2.45) is 0 Å². The lowest BCUT2D eigenvalue weighted by Crippen LogP contribution is -2.12. The summed E-state index contributed by atoms with van der Waals surface area (Å²) < 4.78 is 38.3. The molecule has 1 rings (SSSR count). The van der Waals surface area contributed by atoms with Gasteiger partial charge in [-0.3, -0.25) is 10.1 Å². The number of unbranched alkanes of at least 4 members (excludes halogenated alkanes) is 1. The third kappa shape index (κ3) is 4.17. The van der Waals surface area contributed by atoms with Crippen LogP contribution < -0.4 is 5.32 Å². The predicted molar refractivity (Wildman–Crippen MR) is 64.7 cm³/mol. The Hall–Kier alpha value is -2.23. The van der Waals surface area contributed by atoms with E-state index in [1.807, 2.05) is 0 Å². The van der Waals surface area contributed by atoms with Gasteiger partial charge >= 0.3 is 6.18 Å². The highest BCUT2D eigenvalue weighted by atomic mass is 19.4. The molecule has 19 heavy (non-hydrogen) atoms. The van der Waals surface area contributed by atoms with Gasteiger partial charge < -0.3 is 5.32 Å². The molecule has 4 nitrogen and oxygen atoms in total. The van der Waals surface area contributed by atoms with Crippen LogP contribution in [0.3, 0.4) is 0 Å². The van der Waals surface area contributed by atoms with Gasteiger partial charge in [0.15, 0.2) is 0 Å². The normalized spacial score (nSPS) is 10.8. The molecule has 0 aromatic heterocycles. The Bertz CT molecular complexity index is 507. The number of anilines is 1. The SMILES string of the molecule is C#CCCCNc1ccc([N+](=O)[O-])cc1C(F)(F)F. The van der Waals surface area contributed by atoms with Crippen molar-refractivity contribution in [2.75, 3.05) is 11.9 Å². The molecular formula is C12H11F3N2O2. The number of hydrogen-bond acceptors (Lipinski definition) is 3. The highest BCUT2D eigenvalue weighted by Gasteiger charge is 2.35. The number of nitrogens with zero attached hydrogens (tertiary/aromatic N) is 1. The Morgan fingerprint density at radius 2 is 2.11 bits per heavy atom. The van der Waals surface area contributed by atoms with Crippen LogP contribution in [0.25, 0.3) is 0 Å². The molecule has 1 N–H and O–H groups in total. The van der Waals surface area contributed by atoms with Crippen molar-refractivity contribution in [3.63, 3.8) is 0 Å². The van der Waals surface area contributed by atoms with Crippen molar-refractivity contribution in [1.82, 2.24) is 0 Å². The molecule has 0 saturated heterocycles. The number of nitrogens with one attached hydrogen (secondary N) is 1. The molecule has 102 valence electrons. The average molecular weight is 272 g/mol. The average Bonchev–Trinajstić information content (AvgIpc) is 2.33. The number of nitro groups is 1. The summed E-state index contributed by atoms with van der Waals surface area (Å²) in [7, 11) is 0. The molecule has 0 atom stereocenters. The maximum Gasteiger partial charge on any atom is 0.418 e. The number of halogens is 3. The summed E-state index contributed by atoms with van der Waals surface area (Å²) in [5, 5.41) is 13.1. The van der Waals surface area contributed by atoms with Crippen LogP contribution in [0, 0.1) is 22.5 Å². The largest absolute Gasteiger partial charge is 0.418 e. The molecule has 0 fully saturated rings. The number of terminal acetylenes is 1. The zero-order valence-electron chi connectivity index (χ0n) is 9.83. The molecule has 0 amide bonds. The van der Waals surface area contributed by atoms with E-state index in [1.54, 1.807) is 0 Å². The minimum Gasteiger partial charge on any atom is -0.385 e. The van der Waals surface area contributed by atoms with E-state index in [9.17, 15) is 23.3 Å². The summed E-state index contributed by atoms with van der Waals surface area (Å²) in [5.41, 5.74) is -1.83.